The van der Waals surface area contributed by atoms with Gasteiger partial charge in [-0.15, -0.1) is 0 Å². The molecule has 0 bridgehead atoms. The molecule has 1 aromatic rings. The van der Waals surface area contributed by atoms with Gasteiger partial charge in [-0.05, 0) is 24.7 Å². The predicted molar refractivity (Wildman–Crippen MR) is 88.2 cm³/mol. The second-order valence-corrected chi connectivity index (χ2v) is 9.24. The maximum atomic E-state index is 12.6. The summed E-state index contributed by atoms with van der Waals surface area (Å²) in [5.41, 5.74) is 0.00869. The molecule has 2 fully saturated rings. The molecule has 8 heteroatoms. The summed E-state index contributed by atoms with van der Waals surface area (Å²) >= 11 is 0. The molecule has 0 aromatic carbocycles. The number of hydrogen-bond donors (Lipinski definition) is 1. The third-order valence-electron chi connectivity index (χ3n) is 5.35. The molecule has 1 aliphatic heterocycles. The van der Waals surface area contributed by atoms with Crippen LogP contribution in [0.4, 0.5) is 0 Å². The van der Waals surface area contributed by atoms with Gasteiger partial charge in [0.2, 0.25) is 0 Å². The van der Waals surface area contributed by atoms with E-state index < -0.39 is 10.2 Å². The number of rotatable bonds is 5. The predicted octanol–water partition coefficient (Wildman–Crippen LogP) is 1.52. The van der Waals surface area contributed by atoms with Crippen LogP contribution in [0, 0.1) is 5.41 Å². The lowest BCUT2D eigenvalue weighted by molar-refractivity contribution is 0.275. The first-order chi connectivity index (χ1) is 10.9. The number of hydrogen-bond acceptors (Lipinski definition) is 4. The Morgan fingerprint density at radius 1 is 1.35 bits per heavy atom. The summed E-state index contributed by atoms with van der Waals surface area (Å²) in [5, 5.41) is 7.45. The molecule has 1 aromatic heterocycles. The van der Waals surface area contributed by atoms with Crippen molar-refractivity contribution in [3.63, 3.8) is 0 Å². The van der Waals surface area contributed by atoms with E-state index in [0.29, 0.717) is 13.1 Å². The van der Waals surface area contributed by atoms with E-state index in [2.05, 4.69) is 22.1 Å². The SMILES string of the molecule is CCCc1nc(C2CN(S(=O)(=O)N(C)C)CC23CCCC3)n[nH]1. The number of aryl methyl sites for hydroxylation is 1. The van der Waals surface area contributed by atoms with Crippen molar-refractivity contribution in [2.45, 2.75) is 51.4 Å². The summed E-state index contributed by atoms with van der Waals surface area (Å²) < 4.78 is 28.0. The fraction of sp³-hybridized carbons (Fsp3) is 0.867. The van der Waals surface area contributed by atoms with E-state index in [1.54, 1.807) is 18.4 Å². The second-order valence-electron chi connectivity index (χ2n) is 7.10. The van der Waals surface area contributed by atoms with Crippen molar-refractivity contribution in [1.29, 1.82) is 0 Å². The average Bonchev–Trinajstić information content (AvgIpc) is 3.21. The largest absolute Gasteiger partial charge is 0.281 e. The molecule has 7 nitrogen and oxygen atoms in total. The van der Waals surface area contributed by atoms with E-state index in [0.717, 1.165) is 37.3 Å². The topological polar surface area (TPSA) is 82.2 Å². The Balaban J connectivity index is 1.90. The van der Waals surface area contributed by atoms with Crippen LogP contribution in [0.5, 0.6) is 0 Å². The number of H-pyrrole nitrogens is 1. The molecule has 1 atom stereocenters. The zero-order valence-corrected chi connectivity index (χ0v) is 15.1. The lowest BCUT2D eigenvalue weighted by Crippen LogP contribution is -2.39. The van der Waals surface area contributed by atoms with Crippen LogP contribution < -0.4 is 0 Å². The van der Waals surface area contributed by atoms with Crippen molar-refractivity contribution >= 4 is 10.2 Å². The Bertz CT molecular complexity index is 649. The highest BCUT2D eigenvalue weighted by Crippen LogP contribution is 2.53. The molecule has 1 aliphatic carbocycles. The quantitative estimate of drug-likeness (QED) is 0.880. The molecular weight excluding hydrogens is 314 g/mol. The molecule has 1 N–H and O–H groups in total. The zero-order chi connectivity index (χ0) is 16.7. The molecule has 2 aliphatic rings. The van der Waals surface area contributed by atoms with E-state index in [-0.39, 0.29) is 11.3 Å². The fourth-order valence-corrected chi connectivity index (χ4v) is 5.31. The zero-order valence-electron chi connectivity index (χ0n) is 14.2. The van der Waals surface area contributed by atoms with Crippen LogP contribution in [-0.4, -0.2) is 59.4 Å². The van der Waals surface area contributed by atoms with E-state index in [9.17, 15) is 8.42 Å². The minimum atomic E-state index is -3.38. The highest BCUT2D eigenvalue weighted by molar-refractivity contribution is 7.86. The maximum absolute atomic E-state index is 12.6. The number of aromatic nitrogens is 3. The van der Waals surface area contributed by atoms with E-state index in [1.807, 2.05) is 0 Å². The molecule has 130 valence electrons. The van der Waals surface area contributed by atoms with Gasteiger partial charge in [-0.2, -0.15) is 22.1 Å². The third kappa shape index (κ3) is 2.92. The van der Waals surface area contributed by atoms with Crippen molar-refractivity contribution in [3.05, 3.63) is 11.6 Å². The Morgan fingerprint density at radius 3 is 2.65 bits per heavy atom. The average molecular weight is 341 g/mol. The van der Waals surface area contributed by atoms with Crippen molar-refractivity contribution < 1.29 is 8.42 Å². The van der Waals surface area contributed by atoms with Gasteiger partial charge in [-0.3, -0.25) is 5.10 Å². The highest BCUT2D eigenvalue weighted by atomic mass is 32.2. The Hall–Kier alpha value is -0.990. The third-order valence-corrected chi connectivity index (χ3v) is 7.20. The standard InChI is InChI=1S/C15H27N5O2S/c1-4-7-13-16-14(18-17-13)12-10-20(23(21,22)19(2)3)11-15(12)8-5-6-9-15/h12H,4-11H2,1-3H3,(H,16,17,18). The Kier molecular flexibility index (Phi) is 4.50. The van der Waals surface area contributed by atoms with Gasteiger partial charge in [-0.25, -0.2) is 4.98 Å². The van der Waals surface area contributed by atoms with Crippen LogP contribution in [0.15, 0.2) is 0 Å². The number of nitrogens with zero attached hydrogens (tertiary/aromatic N) is 4. The van der Waals surface area contributed by atoms with Gasteiger partial charge in [0.15, 0.2) is 5.82 Å². The number of nitrogens with one attached hydrogen (secondary N) is 1. The molecule has 3 rings (SSSR count). The van der Waals surface area contributed by atoms with Crippen molar-refractivity contribution in [1.82, 2.24) is 23.8 Å². The first-order valence-electron chi connectivity index (χ1n) is 8.48. The molecule has 2 heterocycles. The van der Waals surface area contributed by atoms with Crippen LogP contribution in [-0.2, 0) is 16.6 Å². The Labute approximate surface area is 138 Å². The van der Waals surface area contributed by atoms with Crippen LogP contribution in [0.25, 0.3) is 0 Å². The summed E-state index contributed by atoms with van der Waals surface area (Å²) in [5.74, 6) is 1.80. The smallest absolute Gasteiger partial charge is 0.263 e. The van der Waals surface area contributed by atoms with Gasteiger partial charge in [-0.1, -0.05) is 19.8 Å². The molecular formula is C15H27N5O2S. The molecule has 23 heavy (non-hydrogen) atoms. The molecule has 0 radical (unpaired) electrons. The van der Waals surface area contributed by atoms with Crippen LogP contribution in [0.2, 0.25) is 0 Å². The van der Waals surface area contributed by atoms with E-state index in [4.69, 9.17) is 0 Å². The Morgan fingerprint density at radius 2 is 2.04 bits per heavy atom. The molecule has 0 amide bonds. The highest BCUT2D eigenvalue weighted by Gasteiger charge is 2.53. The van der Waals surface area contributed by atoms with Gasteiger partial charge < -0.3 is 0 Å². The molecule has 1 unspecified atom stereocenters. The summed E-state index contributed by atoms with van der Waals surface area (Å²) in [6, 6.07) is 0. The maximum Gasteiger partial charge on any atom is 0.281 e. The summed E-state index contributed by atoms with van der Waals surface area (Å²) in [6.07, 6.45) is 6.36. The van der Waals surface area contributed by atoms with Gasteiger partial charge in [0.05, 0.1) is 0 Å². The van der Waals surface area contributed by atoms with Crippen LogP contribution in [0.1, 0.15) is 56.6 Å². The van der Waals surface area contributed by atoms with Crippen molar-refractivity contribution in [3.8, 4) is 0 Å². The first kappa shape index (κ1) is 16.9. The monoisotopic (exact) mass is 341 g/mol. The van der Waals surface area contributed by atoms with Gasteiger partial charge in [0, 0.05) is 39.5 Å². The van der Waals surface area contributed by atoms with Gasteiger partial charge >= 0.3 is 0 Å². The second kappa shape index (κ2) is 6.14. The fourth-order valence-electron chi connectivity index (χ4n) is 4.09. The van der Waals surface area contributed by atoms with E-state index >= 15 is 0 Å². The molecule has 1 saturated carbocycles. The number of aromatic amines is 1. The summed E-state index contributed by atoms with van der Waals surface area (Å²) in [6.45, 7) is 3.20. The van der Waals surface area contributed by atoms with Gasteiger partial charge in [0.1, 0.15) is 5.82 Å². The normalized spacial score (nSPS) is 25.0. The molecule has 1 spiro atoms. The lowest BCUT2D eigenvalue weighted by Gasteiger charge is -2.28. The first-order valence-corrected chi connectivity index (χ1v) is 9.87. The van der Waals surface area contributed by atoms with Crippen LogP contribution >= 0.6 is 0 Å². The van der Waals surface area contributed by atoms with Crippen molar-refractivity contribution in [2.75, 3.05) is 27.2 Å². The van der Waals surface area contributed by atoms with Gasteiger partial charge in [0.25, 0.3) is 10.2 Å². The lowest BCUT2D eigenvalue weighted by atomic mass is 9.76. The summed E-state index contributed by atoms with van der Waals surface area (Å²) in [4.78, 5) is 4.66. The van der Waals surface area contributed by atoms with E-state index in [1.165, 1.54) is 17.1 Å². The van der Waals surface area contributed by atoms with Crippen LogP contribution in [0.3, 0.4) is 0 Å². The summed E-state index contributed by atoms with van der Waals surface area (Å²) in [7, 11) is -0.197. The molecule has 1 saturated heterocycles. The minimum absolute atomic E-state index is 0.00869. The minimum Gasteiger partial charge on any atom is -0.263 e. The van der Waals surface area contributed by atoms with Crippen molar-refractivity contribution in [2.24, 2.45) is 5.41 Å².